The van der Waals surface area contributed by atoms with E-state index >= 15 is 0 Å². The van der Waals surface area contributed by atoms with Crippen LogP contribution in [-0.2, 0) is 13.6 Å². The highest BCUT2D eigenvalue weighted by atomic mass is 15.1. The highest BCUT2D eigenvalue weighted by molar-refractivity contribution is 6.21. The lowest BCUT2D eigenvalue weighted by Gasteiger charge is -2.20. The number of rotatable bonds is 6. The van der Waals surface area contributed by atoms with Gasteiger partial charge in [0.25, 0.3) is 0 Å². The first-order chi connectivity index (χ1) is 21.2. The second-order valence-electron chi connectivity index (χ2n) is 12.1. The van der Waals surface area contributed by atoms with E-state index in [0.29, 0.717) is 5.92 Å². The molecule has 0 bridgehead atoms. The lowest BCUT2D eigenvalue weighted by Crippen LogP contribution is -2.06. The van der Waals surface area contributed by atoms with E-state index in [-0.39, 0.29) is 0 Å². The third-order valence-corrected chi connectivity index (χ3v) is 9.43. The number of unbranched alkanes of at least 4 members (excludes halogenated alkanes) is 1. The molecule has 2 heterocycles. The van der Waals surface area contributed by atoms with Crippen LogP contribution in [0.3, 0.4) is 0 Å². The number of aromatic nitrogens is 2. The molecule has 0 aliphatic heterocycles. The molecule has 2 aliphatic carbocycles. The largest absolute Gasteiger partial charge is 0.330 e. The SMILES string of the molecule is CCCCn1c2cc(-c3ccc4ccccc4c3)ccc2c2c3ccc(/C=C/C4=CC=C5C=CC=CC5C4)cc3n(C)c21. The molecule has 2 nitrogen and oxygen atoms in total. The van der Waals surface area contributed by atoms with Crippen LogP contribution in [0.15, 0.2) is 133 Å². The first kappa shape index (κ1) is 25.9. The van der Waals surface area contributed by atoms with E-state index < -0.39 is 0 Å². The molecule has 1 unspecified atom stereocenters. The van der Waals surface area contributed by atoms with E-state index in [1.165, 1.54) is 77.9 Å². The van der Waals surface area contributed by atoms with Crippen molar-refractivity contribution in [2.75, 3.05) is 0 Å². The van der Waals surface area contributed by atoms with Crippen LogP contribution in [-0.4, -0.2) is 9.13 Å². The van der Waals surface area contributed by atoms with Gasteiger partial charge in [-0.15, -0.1) is 0 Å². The predicted octanol–water partition coefficient (Wildman–Crippen LogP) is 10.9. The summed E-state index contributed by atoms with van der Waals surface area (Å²) in [5, 5.41) is 6.61. The molecule has 0 spiro atoms. The Bertz CT molecular complexity index is 2210. The zero-order valence-corrected chi connectivity index (χ0v) is 24.9. The summed E-state index contributed by atoms with van der Waals surface area (Å²) in [6.07, 6.45) is 21.4. The summed E-state index contributed by atoms with van der Waals surface area (Å²) >= 11 is 0. The van der Waals surface area contributed by atoms with Crippen LogP contribution in [0.2, 0.25) is 0 Å². The van der Waals surface area contributed by atoms with Crippen LogP contribution in [0.1, 0.15) is 31.7 Å². The molecule has 2 heteroatoms. The molecule has 0 amide bonds. The third-order valence-electron chi connectivity index (χ3n) is 9.43. The van der Waals surface area contributed by atoms with Gasteiger partial charge in [0, 0.05) is 35.7 Å². The van der Waals surface area contributed by atoms with Crippen LogP contribution in [0, 0.1) is 5.92 Å². The van der Waals surface area contributed by atoms with Gasteiger partial charge in [-0.25, -0.2) is 0 Å². The molecule has 43 heavy (non-hydrogen) atoms. The van der Waals surface area contributed by atoms with Crippen molar-refractivity contribution in [2.24, 2.45) is 13.0 Å². The standard InChI is InChI=1S/C41H36N2/c1-3-4-23-43-39-27-35(34-19-18-31-10-6-8-12-33(31)26-34)20-22-37(39)40-36-21-16-29(25-38(36)42(2)41(40)43)14-13-28-15-17-30-9-5-7-11-32(30)24-28/h5-22,25-27,32H,3-4,23-24H2,1-2H3/b14-13+. The van der Waals surface area contributed by atoms with E-state index in [2.05, 4.69) is 151 Å². The maximum atomic E-state index is 2.57. The maximum Gasteiger partial charge on any atom is 0.122 e. The minimum absolute atomic E-state index is 0.504. The molecular weight excluding hydrogens is 520 g/mol. The van der Waals surface area contributed by atoms with Gasteiger partial charge in [-0.3, -0.25) is 0 Å². The average Bonchev–Trinajstić information content (AvgIpc) is 3.53. The molecule has 210 valence electrons. The summed E-state index contributed by atoms with van der Waals surface area (Å²) in [7, 11) is 2.24. The Balaban J connectivity index is 1.22. The van der Waals surface area contributed by atoms with Gasteiger partial charge < -0.3 is 9.13 Å². The Labute approximate surface area is 253 Å². The van der Waals surface area contributed by atoms with Gasteiger partial charge in [0.15, 0.2) is 0 Å². The van der Waals surface area contributed by atoms with Crippen LogP contribution in [0.25, 0.3) is 60.8 Å². The number of benzene rings is 4. The lowest BCUT2D eigenvalue weighted by molar-refractivity contribution is 0.655. The Kier molecular flexibility index (Phi) is 6.30. The van der Waals surface area contributed by atoms with Crippen molar-refractivity contribution >= 4 is 49.7 Å². The first-order valence-electron chi connectivity index (χ1n) is 15.7. The smallest absolute Gasteiger partial charge is 0.122 e. The highest BCUT2D eigenvalue weighted by Gasteiger charge is 2.20. The second kappa shape index (κ2) is 10.5. The molecule has 1 atom stereocenters. The first-order valence-corrected chi connectivity index (χ1v) is 15.7. The Morgan fingerprint density at radius 3 is 2.51 bits per heavy atom. The molecule has 0 N–H and O–H groups in total. The fourth-order valence-electron chi connectivity index (χ4n) is 7.11. The van der Waals surface area contributed by atoms with E-state index in [9.17, 15) is 0 Å². The summed E-state index contributed by atoms with van der Waals surface area (Å²) in [6, 6.07) is 29.5. The molecule has 2 aromatic heterocycles. The van der Waals surface area contributed by atoms with Gasteiger partial charge >= 0.3 is 0 Å². The normalized spacial score (nSPS) is 16.6. The summed E-state index contributed by atoms with van der Waals surface area (Å²) in [4.78, 5) is 0. The van der Waals surface area contributed by atoms with E-state index in [0.717, 1.165) is 19.4 Å². The van der Waals surface area contributed by atoms with Crippen molar-refractivity contribution in [1.82, 2.24) is 9.13 Å². The van der Waals surface area contributed by atoms with Crippen molar-refractivity contribution in [3.8, 4) is 11.1 Å². The minimum Gasteiger partial charge on any atom is -0.330 e. The summed E-state index contributed by atoms with van der Waals surface area (Å²) in [5.41, 5.74) is 10.5. The van der Waals surface area contributed by atoms with Crippen molar-refractivity contribution in [3.05, 3.63) is 138 Å². The molecule has 8 rings (SSSR count). The number of hydrogen-bond acceptors (Lipinski definition) is 0. The zero-order chi connectivity index (χ0) is 28.9. The topological polar surface area (TPSA) is 9.86 Å². The fraction of sp³-hybridized carbons (Fsp3) is 0.171. The van der Waals surface area contributed by atoms with Gasteiger partial charge in [-0.05, 0) is 69.6 Å². The predicted molar refractivity (Wildman–Crippen MR) is 185 cm³/mol. The molecule has 4 aromatic carbocycles. The Hall–Kier alpha value is -4.82. The minimum atomic E-state index is 0.504. The van der Waals surface area contributed by atoms with Crippen molar-refractivity contribution in [1.29, 1.82) is 0 Å². The molecule has 0 fully saturated rings. The zero-order valence-electron chi connectivity index (χ0n) is 24.9. The number of allylic oxidation sites excluding steroid dienone is 9. The van der Waals surface area contributed by atoms with E-state index in [1.807, 2.05) is 0 Å². The van der Waals surface area contributed by atoms with Gasteiger partial charge in [-0.2, -0.15) is 0 Å². The molecule has 0 radical (unpaired) electrons. The number of nitrogens with zero attached hydrogens (tertiary/aromatic N) is 2. The molecule has 0 saturated carbocycles. The Morgan fingerprint density at radius 2 is 1.60 bits per heavy atom. The third kappa shape index (κ3) is 4.41. The van der Waals surface area contributed by atoms with E-state index in [4.69, 9.17) is 0 Å². The lowest BCUT2D eigenvalue weighted by atomic mass is 9.84. The summed E-state index contributed by atoms with van der Waals surface area (Å²) in [6.45, 7) is 3.30. The summed E-state index contributed by atoms with van der Waals surface area (Å²) in [5.74, 6) is 0.504. The van der Waals surface area contributed by atoms with Crippen LogP contribution in [0.5, 0.6) is 0 Å². The van der Waals surface area contributed by atoms with Crippen LogP contribution < -0.4 is 0 Å². The number of hydrogen-bond donors (Lipinski definition) is 0. The number of aryl methyl sites for hydroxylation is 2. The molecule has 2 aliphatic rings. The van der Waals surface area contributed by atoms with Crippen molar-refractivity contribution in [2.45, 2.75) is 32.7 Å². The number of fused-ring (bicyclic) bond motifs is 7. The quantitative estimate of drug-likeness (QED) is 0.193. The van der Waals surface area contributed by atoms with Crippen molar-refractivity contribution < 1.29 is 0 Å². The summed E-state index contributed by atoms with van der Waals surface area (Å²) < 4.78 is 4.98. The van der Waals surface area contributed by atoms with Gasteiger partial charge in [0.05, 0.1) is 11.0 Å². The second-order valence-corrected chi connectivity index (χ2v) is 12.1. The van der Waals surface area contributed by atoms with Crippen molar-refractivity contribution in [3.63, 3.8) is 0 Å². The molecule has 6 aromatic rings. The fourth-order valence-corrected chi connectivity index (χ4v) is 7.11. The Morgan fingerprint density at radius 1 is 0.791 bits per heavy atom. The monoisotopic (exact) mass is 556 g/mol. The highest BCUT2D eigenvalue weighted by Crippen LogP contribution is 2.39. The van der Waals surface area contributed by atoms with Crippen LogP contribution >= 0.6 is 0 Å². The van der Waals surface area contributed by atoms with E-state index in [1.54, 1.807) is 0 Å². The molecular formula is C41H36N2. The van der Waals surface area contributed by atoms with Crippen LogP contribution in [0.4, 0.5) is 0 Å². The van der Waals surface area contributed by atoms with Gasteiger partial charge in [-0.1, -0.05) is 123 Å². The van der Waals surface area contributed by atoms with Gasteiger partial charge in [0.2, 0.25) is 0 Å². The average molecular weight is 557 g/mol. The molecule has 0 saturated heterocycles. The maximum absolute atomic E-state index is 2.57. The van der Waals surface area contributed by atoms with Gasteiger partial charge in [0.1, 0.15) is 5.65 Å².